The zero-order chi connectivity index (χ0) is 18.3. The number of nitrogens with one attached hydrogen (secondary N) is 1. The number of carbonyl (C=O) groups is 1. The summed E-state index contributed by atoms with van der Waals surface area (Å²) < 4.78 is 5.65. The van der Waals surface area contributed by atoms with E-state index in [1.54, 1.807) is 7.11 Å². The maximum atomic E-state index is 11.6. The van der Waals surface area contributed by atoms with Crippen molar-refractivity contribution in [3.05, 3.63) is 47.5 Å². The van der Waals surface area contributed by atoms with Crippen LogP contribution in [-0.2, 0) is 11.2 Å². The highest BCUT2D eigenvalue weighted by Crippen LogP contribution is 2.43. The molecule has 2 aliphatic heterocycles. The molecular weight excluding hydrogens is 324 g/mol. The Kier molecular flexibility index (Phi) is 4.19. The standard InChI is InChI=1S/C22H24N2O2/c1-4-16-7-8-18-17(9-11-20(26-3)22(18)24(16)2)14-5-10-19-15(13-14)6-12-21(25)23-19/h5,7-11,13,16H,4,6,12H2,1-3H3,(H,23,25). The van der Waals surface area contributed by atoms with Crippen molar-refractivity contribution in [2.24, 2.45) is 0 Å². The van der Waals surface area contributed by atoms with Crippen molar-refractivity contribution in [1.29, 1.82) is 0 Å². The molecule has 0 saturated carbocycles. The first-order chi connectivity index (χ1) is 12.6. The molecule has 0 aliphatic carbocycles. The summed E-state index contributed by atoms with van der Waals surface area (Å²) in [6.07, 6.45) is 6.89. The minimum Gasteiger partial charge on any atom is -0.495 e. The van der Waals surface area contributed by atoms with Gasteiger partial charge in [0.15, 0.2) is 0 Å². The third-order valence-electron chi connectivity index (χ3n) is 5.47. The third kappa shape index (κ3) is 2.66. The molecule has 0 radical (unpaired) electrons. The van der Waals surface area contributed by atoms with Gasteiger partial charge in [0.1, 0.15) is 5.75 Å². The summed E-state index contributed by atoms with van der Waals surface area (Å²) >= 11 is 0. The van der Waals surface area contributed by atoms with Crippen molar-refractivity contribution < 1.29 is 9.53 Å². The van der Waals surface area contributed by atoms with Crippen molar-refractivity contribution in [2.45, 2.75) is 32.2 Å². The maximum absolute atomic E-state index is 11.6. The zero-order valence-electron chi connectivity index (χ0n) is 15.5. The van der Waals surface area contributed by atoms with Gasteiger partial charge in [-0.2, -0.15) is 0 Å². The van der Waals surface area contributed by atoms with Crippen LogP contribution in [0.4, 0.5) is 11.4 Å². The second kappa shape index (κ2) is 6.52. The number of carbonyl (C=O) groups excluding carboxylic acids is 1. The molecule has 1 N–H and O–H groups in total. The monoisotopic (exact) mass is 348 g/mol. The molecule has 2 aliphatic rings. The number of methoxy groups -OCH3 is 1. The van der Waals surface area contributed by atoms with Gasteiger partial charge in [0.05, 0.1) is 12.8 Å². The van der Waals surface area contributed by atoms with E-state index in [0.29, 0.717) is 12.5 Å². The number of hydrogen-bond acceptors (Lipinski definition) is 3. The molecule has 26 heavy (non-hydrogen) atoms. The van der Waals surface area contributed by atoms with E-state index in [0.717, 1.165) is 30.0 Å². The van der Waals surface area contributed by atoms with Gasteiger partial charge in [-0.15, -0.1) is 0 Å². The molecule has 1 atom stereocenters. The van der Waals surface area contributed by atoms with E-state index in [1.165, 1.54) is 22.3 Å². The van der Waals surface area contributed by atoms with Gasteiger partial charge in [-0.05, 0) is 53.8 Å². The number of rotatable bonds is 3. The number of amides is 1. The highest BCUT2D eigenvalue weighted by Gasteiger charge is 2.24. The van der Waals surface area contributed by atoms with Crippen LogP contribution in [0.2, 0.25) is 0 Å². The van der Waals surface area contributed by atoms with E-state index in [9.17, 15) is 4.79 Å². The van der Waals surface area contributed by atoms with Crippen LogP contribution < -0.4 is 15.0 Å². The minimum absolute atomic E-state index is 0.0993. The molecule has 0 spiro atoms. The zero-order valence-corrected chi connectivity index (χ0v) is 15.5. The largest absolute Gasteiger partial charge is 0.495 e. The van der Waals surface area contributed by atoms with E-state index >= 15 is 0 Å². The van der Waals surface area contributed by atoms with E-state index in [2.05, 4.69) is 60.6 Å². The van der Waals surface area contributed by atoms with Crippen molar-refractivity contribution in [3.8, 4) is 16.9 Å². The summed E-state index contributed by atoms with van der Waals surface area (Å²) in [5, 5.41) is 2.96. The number of hydrogen-bond donors (Lipinski definition) is 1. The predicted octanol–water partition coefficient (Wildman–Crippen LogP) is 4.49. The van der Waals surface area contributed by atoms with Crippen LogP contribution in [0, 0.1) is 0 Å². The van der Waals surface area contributed by atoms with Gasteiger partial charge in [-0.3, -0.25) is 4.79 Å². The Bertz CT molecular complexity index is 901. The number of nitrogens with zero attached hydrogens (tertiary/aromatic N) is 1. The second-order valence-electron chi connectivity index (χ2n) is 6.94. The number of anilines is 2. The number of likely N-dealkylation sites (N-methyl/N-ethyl adjacent to an activating group) is 1. The van der Waals surface area contributed by atoms with Crippen molar-refractivity contribution in [1.82, 2.24) is 0 Å². The molecule has 2 heterocycles. The fourth-order valence-electron chi connectivity index (χ4n) is 4.00. The van der Waals surface area contributed by atoms with Crippen LogP contribution in [0.1, 0.15) is 30.9 Å². The molecule has 0 aromatic heterocycles. The molecular formula is C22H24N2O2. The molecule has 4 rings (SSSR count). The highest BCUT2D eigenvalue weighted by molar-refractivity contribution is 5.95. The van der Waals surface area contributed by atoms with Crippen molar-refractivity contribution in [2.75, 3.05) is 24.4 Å². The number of aryl methyl sites for hydroxylation is 1. The van der Waals surface area contributed by atoms with Crippen LogP contribution in [0.15, 0.2) is 36.4 Å². The Morgan fingerprint density at radius 2 is 2.08 bits per heavy atom. The molecule has 2 aromatic rings. The lowest BCUT2D eigenvalue weighted by molar-refractivity contribution is -0.116. The van der Waals surface area contributed by atoms with E-state index in [4.69, 9.17) is 4.74 Å². The molecule has 1 amide bonds. The molecule has 0 fully saturated rings. The molecule has 1 unspecified atom stereocenters. The molecule has 4 nitrogen and oxygen atoms in total. The van der Waals surface area contributed by atoms with E-state index < -0.39 is 0 Å². The smallest absolute Gasteiger partial charge is 0.224 e. The Morgan fingerprint density at radius 1 is 1.23 bits per heavy atom. The van der Waals surface area contributed by atoms with Crippen LogP contribution >= 0.6 is 0 Å². The first kappa shape index (κ1) is 16.7. The van der Waals surface area contributed by atoms with E-state index in [-0.39, 0.29) is 5.91 Å². The van der Waals surface area contributed by atoms with Crippen LogP contribution in [0.3, 0.4) is 0 Å². The van der Waals surface area contributed by atoms with Gasteiger partial charge in [-0.25, -0.2) is 0 Å². The van der Waals surface area contributed by atoms with Gasteiger partial charge in [0.2, 0.25) is 5.91 Å². The van der Waals surface area contributed by atoms with Gasteiger partial charge >= 0.3 is 0 Å². The quantitative estimate of drug-likeness (QED) is 0.889. The molecule has 2 aromatic carbocycles. The minimum atomic E-state index is 0.0993. The Morgan fingerprint density at radius 3 is 2.85 bits per heavy atom. The van der Waals surface area contributed by atoms with Crippen LogP contribution in [0.25, 0.3) is 17.2 Å². The average Bonchev–Trinajstić information content (AvgIpc) is 2.67. The fraction of sp³-hybridized carbons (Fsp3) is 0.318. The van der Waals surface area contributed by atoms with Gasteiger partial charge < -0.3 is 15.0 Å². The summed E-state index contributed by atoms with van der Waals surface area (Å²) in [6.45, 7) is 2.20. The molecule has 4 heteroatoms. The average molecular weight is 348 g/mol. The summed E-state index contributed by atoms with van der Waals surface area (Å²) in [7, 11) is 3.86. The van der Waals surface area contributed by atoms with Gasteiger partial charge in [-0.1, -0.05) is 25.1 Å². The van der Waals surface area contributed by atoms with Crippen molar-refractivity contribution >= 4 is 23.4 Å². The summed E-state index contributed by atoms with van der Waals surface area (Å²) in [6, 6.07) is 10.9. The fourth-order valence-corrected chi connectivity index (χ4v) is 4.00. The van der Waals surface area contributed by atoms with Gasteiger partial charge in [0, 0.05) is 30.8 Å². The Hall–Kier alpha value is -2.75. The molecule has 134 valence electrons. The lowest BCUT2D eigenvalue weighted by Gasteiger charge is -2.34. The first-order valence-corrected chi connectivity index (χ1v) is 9.17. The SMILES string of the molecule is CCC1C=Cc2c(-c3ccc4c(c3)CCC(=O)N4)ccc(OC)c2N1C. The maximum Gasteiger partial charge on any atom is 0.224 e. The number of fused-ring (bicyclic) bond motifs is 2. The highest BCUT2D eigenvalue weighted by atomic mass is 16.5. The topological polar surface area (TPSA) is 41.6 Å². The summed E-state index contributed by atoms with van der Waals surface area (Å²) in [5.74, 6) is 1.00. The van der Waals surface area contributed by atoms with E-state index in [1.807, 2.05) is 6.07 Å². The summed E-state index contributed by atoms with van der Waals surface area (Å²) in [4.78, 5) is 13.9. The van der Waals surface area contributed by atoms with Crippen LogP contribution in [-0.4, -0.2) is 26.1 Å². The predicted molar refractivity (Wildman–Crippen MR) is 107 cm³/mol. The van der Waals surface area contributed by atoms with Gasteiger partial charge in [0.25, 0.3) is 0 Å². The van der Waals surface area contributed by atoms with Crippen molar-refractivity contribution in [3.63, 3.8) is 0 Å². The lowest BCUT2D eigenvalue weighted by Crippen LogP contribution is -2.32. The number of ether oxygens (including phenoxy) is 1. The molecule has 0 saturated heterocycles. The number of benzene rings is 2. The Balaban J connectivity index is 1.84. The van der Waals surface area contributed by atoms with Crippen LogP contribution in [0.5, 0.6) is 5.75 Å². The lowest BCUT2D eigenvalue weighted by atomic mass is 9.90. The molecule has 0 bridgehead atoms. The Labute approximate surface area is 154 Å². The second-order valence-corrected chi connectivity index (χ2v) is 6.94. The summed E-state index contributed by atoms with van der Waals surface area (Å²) in [5.41, 5.74) is 6.84. The first-order valence-electron chi connectivity index (χ1n) is 9.17. The third-order valence-corrected chi connectivity index (χ3v) is 5.47. The normalized spacial score (nSPS) is 18.2.